The summed E-state index contributed by atoms with van der Waals surface area (Å²) in [5, 5.41) is 0. The quantitative estimate of drug-likeness (QED) is 0.592. The third-order valence-electron chi connectivity index (χ3n) is 5.30. The molecule has 1 aliphatic rings. The fraction of sp³-hybridized carbons (Fsp3) is 0.174. The van der Waals surface area contributed by atoms with E-state index in [9.17, 15) is 0 Å². The Morgan fingerprint density at radius 3 is 2.46 bits per heavy atom. The number of benzene rings is 1. The minimum absolute atomic E-state index is 0.120. The van der Waals surface area contributed by atoms with Gasteiger partial charge in [-0.05, 0) is 29.8 Å². The molecule has 0 saturated heterocycles. The average Bonchev–Trinajstić information content (AvgIpc) is 3.24. The molecule has 4 heterocycles. The molecule has 0 saturated carbocycles. The zero-order chi connectivity index (χ0) is 18.8. The van der Waals surface area contributed by atoms with Crippen LogP contribution in [0.3, 0.4) is 0 Å². The van der Waals surface area contributed by atoms with Crippen molar-refractivity contribution in [3.8, 4) is 11.3 Å². The molecule has 4 aromatic rings. The summed E-state index contributed by atoms with van der Waals surface area (Å²) >= 11 is 0. The van der Waals surface area contributed by atoms with Gasteiger partial charge in [-0.25, -0.2) is 4.98 Å². The number of fused-ring (bicyclic) bond motifs is 1. The molecule has 5 heteroatoms. The second-order valence-corrected chi connectivity index (χ2v) is 7.05. The molecule has 1 N–H and O–H groups in total. The summed E-state index contributed by atoms with van der Waals surface area (Å²) in [6.07, 6.45) is 6.47. The molecule has 5 rings (SSSR count). The Balaban J connectivity index is 1.49. The molecule has 0 amide bonds. The van der Waals surface area contributed by atoms with E-state index in [2.05, 4.69) is 55.2 Å². The number of hydrogen-bond acceptors (Lipinski definition) is 4. The fourth-order valence-corrected chi connectivity index (χ4v) is 3.93. The van der Waals surface area contributed by atoms with E-state index in [1.54, 1.807) is 0 Å². The maximum Gasteiger partial charge on any atom is 0.0926 e. The molecule has 138 valence electrons. The predicted molar refractivity (Wildman–Crippen MR) is 108 cm³/mol. The van der Waals surface area contributed by atoms with E-state index >= 15 is 0 Å². The van der Waals surface area contributed by atoms with E-state index in [-0.39, 0.29) is 6.04 Å². The summed E-state index contributed by atoms with van der Waals surface area (Å²) in [6, 6.07) is 20.9. The van der Waals surface area contributed by atoms with Crippen molar-refractivity contribution in [3.05, 3.63) is 102 Å². The fourth-order valence-electron chi connectivity index (χ4n) is 3.93. The van der Waals surface area contributed by atoms with E-state index in [0.29, 0.717) is 0 Å². The van der Waals surface area contributed by atoms with E-state index in [4.69, 9.17) is 0 Å². The van der Waals surface area contributed by atoms with E-state index in [1.165, 1.54) is 11.3 Å². The molecule has 1 unspecified atom stereocenters. The number of rotatable bonds is 4. The van der Waals surface area contributed by atoms with Gasteiger partial charge in [0.05, 0.1) is 29.5 Å². The van der Waals surface area contributed by atoms with Crippen molar-refractivity contribution in [1.29, 1.82) is 0 Å². The normalized spacial score (nSPS) is 16.6. The summed E-state index contributed by atoms with van der Waals surface area (Å²) in [7, 11) is 0. The van der Waals surface area contributed by atoms with Gasteiger partial charge in [-0.15, -0.1) is 0 Å². The highest BCUT2D eigenvalue weighted by molar-refractivity contribution is 5.59. The van der Waals surface area contributed by atoms with Gasteiger partial charge in [-0.1, -0.05) is 36.4 Å². The first-order valence-electron chi connectivity index (χ1n) is 9.56. The number of pyridine rings is 2. The van der Waals surface area contributed by atoms with Gasteiger partial charge in [-0.2, -0.15) is 0 Å². The zero-order valence-electron chi connectivity index (χ0n) is 15.5. The monoisotopic (exact) mass is 367 g/mol. The summed E-state index contributed by atoms with van der Waals surface area (Å²) in [5.41, 5.74) is 6.78. The van der Waals surface area contributed by atoms with Crippen LogP contribution < -0.4 is 0 Å². The topological polar surface area (TPSA) is 57.7 Å². The van der Waals surface area contributed by atoms with Crippen LogP contribution in [0.5, 0.6) is 0 Å². The molecular formula is C23H21N5. The molecule has 1 aliphatic heterocycles. The highest BCUT2D eigenvalue weighted by Crippen LogP contribution is 2.35. The van der Waals surface area contributed by atoms with Gasteiger partial charge in [0.25, 0.3) is 0 Å². The Labute approximate surface area is 164 Å². The molecule has 0 bridgehead atoms. The Morgan fingerprint density at radius 1 is 0.893 bits per heavy atom. The SMILES string of the molecule is c1ccc(CN2CCc3[nH]cnc3C2c2ccc(-c3ccccn3)cc2)nc1. The largest absolute Gasteiger partial charge is 0.348 e. The van der Waals surface area contributed by atoms with Gasteiger partial charge in [0.1, 0.15) is 0 Å². The van der Waals surface area contributed by atoms with Gasteiger partial charge in [0, 0.05) is 43.2 Å². The molecule has 3 aromatic heterocycles. The van der Waals surface area contributed by atoms with Crippen LogP contribution in [0.4, 0.5) is 0 Å². The molecule has 28 heavy (non-hydrogen) atoms. The van der Waals surface area contributed by atoms with Crippen LogP contribution in [-0.4, -0.2) is 31.4 Å². The number of aromatic amines is 1. The van der Waals surface area contributed by atoms with Crippen molar-refractivity contribution in [3.63, 3.8) is 0 Å². The maximum absolute atomic E-state index is 4.66. The lowest BCUT2D eigenvalue weighted by Crippen LogP contribution is -2.36. The van der Waals surface area contributed by atoms with E-state index in [0.717, 1.165) is 42.2 Å². The third kappa shape index (κ3) is 3.21. The molecule has 0 aliphatic carbocycles. The van der Waals surface area contributed by atoms with Crippen LogP contribution in [0.15, 0.2) is 79.4 Å². The lowest BCUT2D eigenvalue weighted by Gasteiger charge is -2.35. The molecule has 0 radical (unpaired) electrons. The number of imidazole rings is 1. The number of nitrogens with one attached hydrogen (secondary N) is 1. The van der Waals surface area contributed by atoms with Crippen molar-refractivity contribution in [2.75, 3.05) is 6.54 Å². The van der Waals surface area contributed by atoms with Crippen LogP contribution in [0, 0.1) is 0 Å². The van der Waals surface area contributed by atoms with E-state index < -0.39 is 0 Å². The van der Waals surface area contributed by atoms with Crippen LogP contribution in [-0.2, 0) is 13.0 Å². The summed E-state index contributed by atoms with van der Waals surface area (Å²) in [4.78, 5) is 19.4. The minimum atomic E-state index is 0.120. The third-order valence-corrected chi connectivity index (χ3v) is 5.30. The number of aromatic nitrogens is 4. The van der Waals surface area contributed by atoms with Crippen molar-refractivity contribution >= 4 is 0 Å². The lowest BCUT2D eigenvalue weighted by molar-refractivity contribution is 0.198. The first-order chi connectivity index (χ1) is 13.9. The van der Waals surface area contributed by atoms with Crippen molar-refractivity contribution in [1.82, 2.24) is 24.8 Å². The predicted octanol–water partition coefficient (Wildman–Crippen LogP) is 4.01. The Morgan fingerprint density at radius 2 is 1.71 bits per heavy atom. The van der Waals surface area contributed by atoms with Gasteiger partial charge < -0.3 is 4.98 Å². The smallest absolute Gasteiger partial charge is 0.0926 e. The second-order valence-electron chi connectivity index (χ2n) is 7.05. The molecule has 5 nitrogen and oxygen atoms in total. The lowest BCUT2D eigenvalue weighted by atomic mass is 9.94. The summed E-state index contributed by atoms with van der Waals surface area (Å²) in [5.74, 6) is 0. The van der Waals surface area contributed by atoms with Crippen LogP contribution in [0.2, 0.25) is 0 Å². The molecular weight excluding hydrogens is 346 g/mol. The molecule has 0 fully saturated rings. The van der Waals surface area contributed by atoms with Crippen molar-refractivity contribution in [2.24, 2.45) is 0 Å². The standard InChI is InChI=1S/C23H21N5/c1-3-12-24-19(5-1)15-28-14-11-21-22(27-16-26-21)23(28)18-9-7-17(8-10-18)20-6-2-4-13-25-20/h1-10,12-13,16,23H,11,14-15H2,(H,26,27). The Kier molecular flexibility index (Phi) is 4.43. The average molecular weight is 367 g/mol. The first-order valence-corrected chi connectivity index (χ1v) is 9.56. The van der Waals surface area contributed by atoms with Crippen LogP contribution >= 0.6 is 0 Å². The molecule has 1 aromatic carbocycles. The van der Waals surface area contributed by atoms with Crippen LogP contribution in [0.1, 0.15) is 28.7 Å². The van der Waals surface area contributed by atoms with Crippen molar-refractivity contribution in [2.45, 2.75) is 19.0 Å². The summed E-state index contributed by atoms with van der Waals surface area (Å²) < 4.78 is 0. The Hall–Kier alpha value is -3.31. The first kappa shape index (κ1) is 16.8. The number of H-pyrrole nitrogens is 1. The maximum atomic E-state index is 4.66. The zero-order valence-corrected chi connectivity index (χ0v) is 15.5. The van der Waals surface area contributed by atoms with E-state index in [1.807, 2.05) is 49.1 Å². The van der Waals surface area contributed by atoms with Gasteiger partial charge in [0.2, 0.25) is 0 Å². The highest BCUT2D eigenvalue weighted by atomic mass is 15.2. The van der Waals surface area contributed by atoms with Crippen molar-refractivity contribution < 1.29 is 0 Å². The van der Waals surface area contributed by atoms with Gasteiger partial charge in [-0.3, -0.25) is 14.9 Å². The number of nitrogens with zero attached hydrogens (tertiary/aromatic N) is 4. The molecule has 0 spiro atoms. The van der Waals surface area contributed by atoms with Gasteiger partial charge in [0.15, 0.2) is 0 Å². The van der Waals surface area contributed by atoms with Crippen LogP contribution in [0.25, 0.3) is 11.3 Å². The molecule has 1 atom stereocenters. The second kappa shape index (κ2) is 7.37. The highest BCUT2D eigenvalue weighted by Gasteiger charge is 2.31. The number of hydrogen-bond donors (Lipinski definition) is 1. The summed E-state index contributed by atoms with van der Waals surface area (Å²) in [6.45, 7) is 1.78. The Bertz CT molecular complexity index is 1040. The van der Waals surface area contributed by atoms with Gasteiger partial charge >= 0.3 is 0 Å². The minimum Gasteiger partial charge on any atom is -0.348 e.